The van der Waals surface area contributed by atoms with Gasteiger partial charge in [-0.1, -0.05) is 6.92 Å². The van der Waals surface area contributed by atoms with Gasteiger partial charge in [0.25, 0.3) is 0 Å². The van der Waals surface area contributed by atoms with Crippen molar-refractivity contribution in [1.29, 1.82) is 0 Å². The Balaban J connectivity index is 2.70. The number of carbonyl (C=O) groups is 1. The zero-order chi connectivity index (χ0) is 8.59. The SMILES string of the molecule is C[C@@H]1C[C@@H](O)[C@H](O)[C@H](O)C1=O. The monoisotopic (exact) mass is 160 g/mol. The average Bonchev–Trinajstić information content (AvgIpc) is 1.97. The van der Waals surface area contributed by atoms with Crippen LogP contribution in [-0.2, 0) is 4.79 Å². The summed E-state index contributed by atoms with van der Waals surface area (Å²) in [4.78, 5) is 11.0. The second-order valence-electron chi connectivity index (χ2n) is 3.04. The summed E-state index contributed by atoms with van der Waals surface area (Å²) in [6, 6.07) is 0. The summed E-state index contributed by atoms with van der Waals surface area (Å²) in [5.41, 5.74) is 0. The molecule has 0 aromatic heterocycles. The fraction of sp³-hybridized carbons (Fsp3) is 0.857. The van der Waals surface area contributed by atoms with Gasteiger partial charge in [0.1, 0.15) is 12.2 Å². The van der Waals surface area contributed by atoms with Crippen LogP contribution in [-0.4, -0.2) is 39.4 Å². The fourth-order valence-corrected chi connectivity index (χ4v) is 1.29. The first kappa shape index (κ1) is 8.64. The van der Waals surface area contributed by atoms with Gasteiger partial charge in [-0.05, 0) is 6.42 Å². The van der Waals surface area contributed by atoms with Gasteiger partial charge < -0.3 is 15.3 Å². The Hall–Kier alpha value is -0.450. The first-order valence-electron chi connectivity index (χ1n) is 3.62. The Morgan fingerprint density at radius 2 is 1.91 bits per heavy atom. The molecule has 4 atom stereocenters. The van der Waals surface area contributed by atoms with Crippen LogP contribution in [0.25, 0.3) is 0 Å². The van der Waals surface area contributed by atoms with E-state index in [1.807, 2.05) is 0 Å². The van der Waals surface area contributed by atoms with Gasteiger partial charge in [-0.3, -0.25) is 4.79 Å². The average molecular weight is 160 g/mol. The van der Waals surface area contributed by atoms with Crippen molar-refractivity contribution in [3.8, 4) is 0 Å². The van der Waals surface area contributed by atoms with Crippen LogP contribution in [0.4, 0.5) is 0 Å². The lowest BCUT2D eigenvalue weighted by molar-refractivity contribution is -0.152. The van der Waals surface area contributed by atoms with Crippen molar-refractivity contribution < 1.29 is 20.1 Å². The molecule has 0 heterocycles. The molecule has 0 bridgehead atoms. The van der Waals surface area contributed by atoms with E-state index in [9.17, 15) is 4.79 Å². The van der Waals surface area contributed by atoms with Crippen molar-refractivity contribution >= 4 is 5.78 Å². The molecule has 1 aliphatic carbocycles. The van der Waals surface area contributed by atoms with Crippen LogP contribution in [0, 0.1) is 5.92 Å². The number of rotatable bonds is 0. The van der Waals surface area contributed by atoms with E-state index in [1.165, 1.54) is 0 Å². The topological polar surface area (TPSA) is 77.8 Å². The van der Waals surface area contributed by atoms with Crippen molar-refractivity contribution in [2.45, 2.75) is 31.7 Å². The summed E-state index contributed by atoms with van der Waals surface area (Å²) in [5.74, 6) is -0.744. The molecule has 4 nitrogen and oxygen atoms in total. The summed E-state index contributed by atoms with van der Waals surface area (Å²) in [5, 5.41) is 27.1. The molecule has 0 radical (unpaired) electrons. The van der Waals surface area contributed by atoms with E-state index in [1.54, 1.807) is 6.92 Å². The molecule has 0 amide bonds. The van der Waals surface area contributed by atoms with Crippen molar-refractivity contribution in [3.05, 3.63) is 0 Å². The Kier molecular flexibility index (Phi) is 2.27. The minimum atomic E-state index is -1.41. The van der Waals surface area contributed by atoms with E-state index >= 15 is 0 Å². The van der Waals surface area contributed by atoms with Crippen LogP contribution in [0.3, 0.4) is 0 Å². The smallest absolute Gasteiger partial charge is 0.166 e. The van der Waals surface area contributed by atoms with Crippen LogP contribution >= 0.6 is 0 Å². The summed E-state index contributed by atoms with van der Waals surface area (Å²) in [6.45, 7) is 1.63. The first-order chi connectivity index (χ1) is 5.04. The summed E-state index contributed by atoms with van der Waals surface area (Å²) in [7, 11) is 0. The highest BCUT2D eigenvalue weighted by atomic mass is 16.4. The maximum Gasteiger partial charge on any atom is 0.166 e. The standard InChI is InChI=1S/C7H12O4/c1-3-2-4(8)6(10)7(11)5(3)9/h3-4,6-8,10-11H,2H2,1H3/t3-,4-,6+,7-/m1/s1. The minimum Gasteiger partial charge on any atom is -0.390 e. The van der Waals surface area contributed by atoms with E-state index in [0.29, 0.717) is 0 Å². The maximum absolute atomic E-state index is 11.0. The van der Waals surface area contributed by atoms with Crippen LogP contribution < -0.4 is 0 Å². The van der Waals surface area contributed by atoms with E-state index in [4.69, 9.17) is 15.3 Å². The predicted octanol–water partition coefficient (Wildman–Crippen LogP) is -1.32. The second kappa shape index (κ2) is 2.89. The minimum absolute atomic E-state index is 0.233. The molecule has 1 rings (SSSR count). The lowest BCUT2D eigenvalue weighted by atomic mass is 9.83. The van der Waals surface area contributed by atoms with E-state index in [2.05, 4.69) is 0 Å². The molecule has 0 aromatic rings. The quantitative estimate of drug-likeness (QED) is 0.410. The molecular formula is C7H12O4. The van der Waals surface area contributed by atoms with Gasteiger partial charge in [-0.15, -0.1) is 0 Å². The maximum atomic E-state index is 11.0. The predicted molar refractivity (Wildman–Crippen MR) is 36.8 cm³/mol. The number of aliphatic hydroxyl groups is 3. The Morgan fingerprint density at radius 1 is 1.36 bits per heavy atom. The highest BCUT2D eigenvalue weighted by Gasteiger charge is 2.39. The molecule has 0 aliphatic heterocycles. The van der Waals surface area contributed by atoms with E-state index < -0.39 is 18.3 Å². The summed E-state index contributed by atoms with van der Waals surface area (Å²) < 4.78 is 0. The van der Waals surface area contributed by atoms with Gasteiger partial charge in [0.15, 0.2) is 5.78 Å². The molecule has 0 unspecified atom stereocenters. The third-order valence-electron chi connectivity index (χ3n) is 2.09. The third kappa shape index (κ3) is 1.42. The van der Waals surface area contributed by atoms with Crippen LogP contribution in [0.5, 0.6) is 0 Å². The Bertz CT molecular complexity index is 168. The molecule has 0 spiro atoms. The molecule has 0 saturated heterocycles. The van der Waals surface area contributed by atoms with Gasteiger partial charge >= 0.3 is 0 Å². The number of ketones is 1. The third-order valence-corrected chi connectivity index (χ3v) is 2.09. The summed E-state index contributed by atoms with van der Waals surface area (Å²) >= 11 is 0. The van der Waals surface area contributed by atoms with Crippen molar-refractivity contribution in [3.63, 3.8) is 0 Å². The van der Waals surface area contributed by atoms with Gasteiger partial charge in [0.2, 0.25) is 0 Å². The van der Waals surface area contributed by atoms with Crippen molar-refractivity contribution in [1.82, 2.24) is 0 Å². The highest BCUT2D eigenvalue weighted by Crippen LogP contribution is 2.21. The first-order valence-corrected chi connectivity index (χ1v) is 3.62. The molecule has 3 N–H and O–H groups in total. The Morgan fingerprint density at radius 3 is 2.45 bits per heavy atom. The molecule has 64 valence electrons. The molecule has 0 aromatic carbocycles. The molecule has 1 fully saturated rings. The number of hydrogen-bond acceptors (Lipinski definition) is 4. The zero-order valence-electron chi connectivity index (χ0n) is 6.27. The largest absolute Gasteiger partial charge is 0.390 e. The summed E-state index contributed by atoms with van der Waals surface area (Å²) in [6.07, 6.45) is -3.46. The van der Waals surface area contributed by atoms with E-state index in [0.717, 1.165) is 0 Å². The van der Waals surface area contributed by atoms with Crippen molar-refractivity contribution in [2.75, 3.05) is 0 Å². The van der Waals surface area contributed by atoms with Crippen LogP contribution in [0.1, 0.15) is 13.3 Å². The van der Waals surface area contributed by atoms with Gasteiger partial charge in [0.05, 0.1) is 6.10 Å². The van der Waals surface area contributed by atoms with E-state index in [-0.39, 0.29) is 18.1 Å². The molecule has 1 aliphatic rings. The van der Waals surface area contributed by atoms with Crippen molar-refractivity contribution in [2.24, 2.45) is 5.92 Å². The van der Waals surface area contributed by atoms with Crippen LogP contribution in [0.15, 0.2) is 0 Å². The molecule has 4 heteroatoms. The lowest BCUT2D eigenvalue weighted by Crippen LogP contribution is -2.50. The molecule has 11 heavy (non-hydrogen) atoms. The number of hydrogen-bond donors (Lipinski definition) is 3. The zero-order valence-corrected chi connectivity index (χ0v) is 6.27. The molecule has 1 saturated carbocycles. The lowest BCUT2D eigenvalue weighted by Gasteiger charge is -2.30. The van der Waals surface area contributed by atoms with Gasteiger partial charge in [-0.25, -0.2) is 0 Å². The highest BCUT2D eigenvalue weighted by molar-refractivity contribution is 5.86. The van der Waals surface area contributed by atoms with Gasteiger partial charge in [0, 0.05) is 5.92 Å². The van der Waals surface area contributed by atoms with Gasteiger partial charge in [-0.2, -0.15) is 0 Å². The molecular weight excluding hydrogens is 148 g/mol. The number of carbonyl (C=O) groups excluding carboxylic acids is 1. The number of aliphatic hydroxyl groups excluding tert-OH is 3. The van der Waals surface area contributed by atoms with Crippen LogP contribution in [0.2, 0.25) is 0 Å². The fourth-order valence-electron chi connectivity index (χ4n) is 1.29. The Labute approximate surface area is 64.5 Å². The normalized spacial score (nSPS) is 46.0. The second-order valence-corrected chi connectivity index (χ2v) is 3.04. The number of Topliss-reactive ketones (excluding diaryl/α,β-unsaturated/α-hetero) is 1.